The van der Waals surface area contributed by atoms with Crippen LogP contribution in [0, 0.1) is 0 Å². The quantitative estimate of drug-likeness (QED) is 0.669. The number of hydrogen-bond donors (Lipinski definition) is 2. The second kappa shape index (κ2) is 6.17. The van der Waals surface area contributed by atoms with Crippen molar-refractivity contribution in [2.45, 2.75) is 25.9 Å². The van der Waals surface area contributed by atoms with Gasteiger partial charge in [-0.15, -0.1) is 0 Å². The minimum atomic E-state index is -3.46. The molecule has 1 saturated heterocycles. The van der Waals surface area contributed by atoms with Gasteiger partial charge in [-0.2, -0.15) is 0 Å². The molecule has 0 unspecified atom stereocenters. The highest BCUT2D eigenvalue weighted by Gasteiger charge is 2.17. The van der Waals surface area contributed by atoms with Crippen LogP contribution >= 0.6 is 0 Å². The molecule has 1 heterocycles. The SMILES string of the molecule is CCS(=O)(=O)NC(=O)COC1CCNCC1. The van der Waals surface area contributed by atoms with Crippen LogP contribution in [0.1, 0.15) is 19.8 Å². The third kappa shape index (κ3) is 4.91. The van der Waals surface area contributed by atoms with Crippen molar-refractivity contribution in [1.82, 2.24) is 10.0 Å². The standard InChI is InChI=1S/C9H18N2O4S/c1-2-16(13,14)11-9(12)7-15-8-3-5-10-6-4-8/h8,10H,2-7H2,1H3,(H,11,12). The maximum Gasteiger partial charge on any atom is 0.259 e. The highest BCUT2D eigenvalue weighted by atomic mass is 32.2. The first-order valence-electron chi connectivity index (χ1n) is 5.39. The predicted octanol–water partition coefficient (Wildman–Crippen LogP) is -0.779. The Labute approximate surface area is 95.8 Å². The summed E-state index contributed by atoms with van der Waals surface area (Å²) in [5.74, 6) is -0.702. The van der Waals surface area contributed by atoms with Gasteiger partial charge in [0.2, 0.25) is 10.0 Å². The van der Waals surface area contributed by atoms with Crippen LogP contribution in [-0.2, 0) is 19.6 Å². The van der Waals surface area contributed by atoms with E-state index in [4.69, 9.17) is 4.74 Å². The number of carbonyl (C=O) groups excluding carboxylic acids is 1. The average molecular weight is 250 g/mol. The van der Waals surface area contributed by atoms with Crippen molar-refractivity contribution in [2.75, 3.05) is 25.4 Å². The first-order chi connectivity index (χ1) is 7.53. The fourth-order valence-corrected chi connectivity index (χ4v) is 1.98. The summed E-state index contributed by atoms with van der Waals surface area (Å²) in [7, 11) is -3.46. The Morgan fingerprint density at radius 2 is 2.06 bits per heavy atom. The van der Waals surface area contributed by atoms with Gasteiger partial charge in [0, 0.05) is 0 Å². The van der Waals surface area contributed by atoms with Crippen LogP contribution in [-0.4, -0.2) is 45.9 Å². The zero-order chi connectivity index (χ0) is 12.0. The molecule has 1 fully saturated rings. The summed E-state index contributed by atoms with van der Waals surface area (Å²) in [6.07, 6.45) is 1.76. The largest absolute Gasteiger partial charge is 0.368 e. The molecule has 1 aliphatic rings. The van der Waals surface area contributed by atoms with Gasteiger partial charge in [-0.1, -0.05) is 0 Å². The number of carbonyl (C=O) groups is 1. The van der Waals surface area contributed by atoms with Crippen LogP contribution in [0.3, 0.4) is 0 Å². The molecule has 16 heavy (non-hydrogen) atoms. The minimum absolute atomic E-state index is 0.0522. The molecule has 0 aromatic carbocycles. The fraction of sp³-hybridized carbons (Fsp3) is 0.889. The lowest BCUT2D eigenvalue weighted by atomic mass is 10.1. The summed E-state index contributed by atoms with van der Waals surface area (Å²) in [5.41, 5.74) is 0. The molecule has 0 aliphatic carbocycles. The Bertz CT molecular complexity index is 322. The van der Waals surface area contributed by atoms with Crippen LogP contribution in [0.4, 0.5) is 0 Å². The van der Waals surface area contributed by atoms with E-state index in [2.05, 4.69) is 5.32 Å². The number of piperidine rings is 1. The molecule has 0 bridgehead atoms. The van der Waals surface area contributed by atoms with E-state index < -0.39 is 15.9 Å². The van der Waals surface area contributed by atoms with Crippen LogP contribution in [0.5, 0.6) is 0 Å². The molecule has 7 heteroatoms. The number of amides is 1. The lowest BCUT2D eigenvalue weighted by molar-refractivity contribution is -0.126. The Balaban J connectivity index is 2.24. The van der Waals surface area contributed by atoms with E-state index in [0.29, 0.717) is 0 Å². The van der Waals surface area contributed by atoms with Crippen LogP contribution < -0.4 is 10.0 Å². The molecule has 0 aromatic heterocycles. The Morgan fingerprint density at radius 1 is 1.44 bits per heavy atom. The number of hydrogen-bond acceptors (Lipinski definition) is 5. The molecule has 0 aromatic rings. The van der Waals surface area contributed by atoms with Crippen molar-refractivity contribution in [2.24, 2.45) is 0 Å². The molecular weight excluding hydrogens is 232 g/mol. The Kier molecular flexibility index (Phi) is 5.17. The Morgan fingerprint density at radius 3 is 2.62 bits per heavy atom. The molecule has 6 nitrogen and oxygen atoms in total. The maximum atomic E-state index is 11.2. The highest BCUT2D eigenvalue weighted by molar-refractivity contribution is 7.90. The fourth-order valence-electron chi connectivity index (χ4n) is 1.43. The van der Waals surface area contributed by atoms with Gasteiger partial charge >= 0.3 is 0 Å². The van der Waals surface area contributed by atoms with Crippen molar-refractivity contribution in [3.8, 4) is 0 Å². The number of rotatable bonds is 5. The summed E-state index contributed by atoms with van der Waals surface area (Å²) in [5, 5.41) is 3.17. The normalized spacial score (nSPS) is 18.3. The summed E-state index contributed by atoms with van der Waals surface area (Å²) in [6, 6.07) is 0. The third-order valence-electron chi connectivity index (χ3n) is 2.39. The first-order valence-corrected chi connectivity index (χ1v) is 7.04. The van der Waals surface area contributed by atoms with E-state index in [1.807, 2.05) is 4.72 Å². The molecule has 1 aliphatic heterocycles. The predicted molar refractivity (Wildman–Crippen MR) is 59.4 cm³/mol. The smallest absolute Gasteiger partial charge is 0.259 e. The zero-order valence-corrected chi connectivity index (χ0v) is 10.2. The molecule has 94 valence electrons. The van der Waals surface area contributed by atoms with Crippen molar-refractivity contribution in [1.29, 1.82) is 0 Å². The summed E-state index contributed by atoms with van der Waals surface area (Å²) in [4.78, 5) is 11.2. The van der Waals surface area contributed by atoms with Crippen LogP contribution in [0.2, 0.25) is 0 Å². The summed E-state index contributed by atoms with van der Waals surface area (Å²) >= 11 is 0. The summed E-state index contributed by atoms with van der Waals surface area (Å²) in [6.45, 7) is 3.03. The third-order valence-corrected chi connectivity index (χ3v) is 3.68. The van der Waals surface area contributed by atoms with Crippen LogP contribution in [0.25, 0.3) is 0 Å². The Hall–Kier alpha value is -0.660. The first kappa shape index (κ1) is 13.4. The van der Waals surface area contributed by atoms with Crippen molar-refractivity contribution in [3.05, 3.63) is 0 Å². The van der Waals surface area contributed by atoms with E-state index in [-0.39, 0.29) is 18.5 Å². The van der Waals surface area contributed by atoms with Crippen LogP contribution in [0.15, 0.2) is 0 Å². The van der Waals surface area contributed by atoms with Gasteiger partial charge in [-0.3, -0.25) is 9.52 Å². The minimum Gasteiger partial charge on any atom is -0.368 e. The molecular formula is C9H18N2O4S. The van der Waals surface area contributed by atoms with Gasteiger partial charge in [0.1, 0.15) is 6.61 Å². The second-order valence-electron chi connectivity index (χ2n) is 3.69. The number of ether oxygens (including phenoxy) is 1. The second-order valence-corrected chi connectivity index (χ2v) is 5.70. The van der Waals surface area contributed by atoms with E-state index in [1.54, 1.807) is 0 Å². The van der Waals surface area contributed by atoms with Crippen molar-refractivity contribution >= 4 is 15.9 Å². The monoisotopic (exact) mass is 250 g/mol. The molecule has 0 spiro atoms. The van der Waals surface area contributed by atoms with Crippen molar-refractivity contribution in [3.63, 3.8) is 0 Å². The molecule has 0 saturated carbocycles. The van der Waals surface area contributed by atoms with Gasteiger partial charge in [0.05, 0.1) is 11.9 Å². The van der Waals surface area contributed by atoms with E-state index in [9.17, 15) is 13.2 Å². The molecule has 0 radical (unpaired) electrons. The average Bonchev–Trinajstić information content (AvgIpc) is 2.27. The van der Waals surface area contributed by atoms with E-state index >= 15 is 0 Å². The highest BCUT2D eigenvalue weighted by Crippen LogP contribution is 2.06. The van der Waals surface area contributed by atoms with E-state index in [0.717, 1.165) is 25.9 Å². The lowest BCUT2D eigenvalue weighted by Crippen LogP contribution is -2.38. The van der Waals surface area contributed by atoms with Gasteiger partial charge in [0.15, 0.2) is 0 Å². The topological polar surface area (TPSA) is 84.5 Å². The molecule has 2 N–H and O–H groups in total. The van der Waals surface area contributed by atoms with Gasteiger partial charge in [-0.25, -0.2) is 8.42 Å². The molecule has 1 amide bonds. The summed E-state index contributed by atoms with van der Waals surface area (Å²) < 4.78 is 29.4. The van der Waals surface area contributed by atoms with Crippen molar-refractivity contribution < 1.29 is 17.9 Å². The number of nitrogens with one attached hydrogen (secondary N) is 2. The zero-order valence-electron chi connectivity index (χ0n) is 9.36. The van der Waals surface area contributed by atoms with E-state index in [1.165, 1.54) is 6.92 Å². The van der Waals surface area contributed by atoms with Gasteiger partial charge in [0.25, 0.3) is 5.91 Å². The molecule has 1 rings (SSSR count). The van der Waals surface area contributed by atoms with Gasteiger partial charge < -0.3 is 10.1 Å². The maximum absolute atomic E-state index is 11.2. The van der Waals surface area contributed by atoms with Gasteiger partial charge in [-0.05, 0) is 32.9 Å². The molecule has 0 atom stereocenters. The lowest BCUT2D eigenvalue weighted by Gasteiger charge is -2.22. The number of sulfonamides is 1.